The highest BCUT2D eigenvalue weighted by molar-refractivity contribution is 6.01. The van der Waals surface area contributed by atoms with Crippen molar-refractivity contribution < 1.29 is 9.59 Å². The molecule has 5 aromatic rings. The number of aromatic nitrogens is 3. The summed E-state index contributed by atoms with van der Waals surface area (Å²) in [7, 11) is 0. The number of rotatable bonds is 16. The van der Waals surface area contributed by atoms with Crippen molar-refractivity contribution in [3.8, 4) is 22.5 Å². The topological polar surface area (TPSA) is 97.4 Å². The summed E-state index contributed by atoms with van der Waals surface area (Å²) in [6, 6.07) is 35.2. The van der Waals surface area contributed by atoms with Crippen LogP contribution in [0.5, 0.6) is 0 Å². The predicted molar refractivity (Wildman–Crippen MR) is 222 cm³/mol. The zero-order valence-corrected chi connectivity index (χ0v) is 32.8. The molecule has 0 aliphatic carbocycles. The molecule has 2 amide bonds. The van der Waals surface area contributed by atoms with Gasteiger partial charge in [-0.3, -0.25) is 14.5 Å². The van der Waals surface area contributed by atoms with Gasteiger partial charge in [0.2, 0.25) is 11.8 Å². The number of primary amides is 1. The number of amides is 2. The molecule has 4 aromatic carbocycles. The molecule has 4 aliphatic heterocycles. The van der Waals surface area contributed by atoms with Gasteiger partial charge in [-0.25, -0.2) is 4.68 Å². The highest BCUT2D eigenvalue weighted by Crippen LogP contribution is 2.72. The van der Waals surface area contributed by atoms with Crippen molar-refractivity contribution in [2.24, 2.45) is 5.73 Å². The van der Waals surface area contributed by atoms with Gasteiger partial charge in [-0.2, -0.15) is 0 Å². The van der Waals surface area contributed by atoms with Gasteiger partial charge in [-0.15, -0.1) is 5.10 Å². The highest BCUT2D eigenvalue weighted by atomic mass is 16.2. The number of fused-ring (bicyclic) bond motifs is 11. The quantitative estimate of drug-likeness (QED) is 0.101. The molecule has 8 nitrogen and oxygen atoms in total. The average molecular weight is 747 g/mol. The largest absolute Gasteiger partial charge is 0.370 e. The third-order valence-corrected chi connectivity index (χ3v) is 13.5. The minimum atomic E-state index is -0.477. The molecule has 0 spiro atoms. The normalized spacial score (nSPS) is 21.2. The fraction of sp³-hybridized carbons (Fsp3) is 0.417. The Morgan fingerprint density at radius 2 is 1.34 bits per heavy atom. The van der Waals surface area contributed by atoms with E-state index >= 15 is 0 Å². The van der Waals surface area contributed by atoms with Crippen LogP contribution in [0.1, 0.15) is 131 Å². The second kappa shape index (κ2) is 15.1. The molecule has 2 N–H and O–H groups in total. The van der Waals surface area contributed by atoms with E-state index in [0.717, 1.165) is 46.7 Å². The van der Waals surface area contributed by atoms with Crippen molar-refractivity contribution in [1.29, 1.82) is 0 Å². The lowest BCUT2D eigenvalue weighted by Gasteiger charge is -2.56. The van der Waals surface area contributed by atoms with Crippen molar-refractivity contribution in [1.82, 2.24) is 19.9 Å². The van der Waals surface area contributed by atoms with Crippen molar-refractivity contribution >= 4 is 17.5 Å². The Kier molecular flexibility index (Phi) is 9.86. The summed E-state index contributed by atoms with van der Waals surface area (Å²) < 4.78 is 2.06. The summed E-state index contributed by atoms with van der Waals surface area (Å²) in [6.45, 7) is 3.68. The van der Waals surface area contributed by atoms with Crippen molar-refractivity contribution in [2.45, 2.75) is 127 Å². The van der Waals surface area contributed by atoms with Gasteiger partial charge in [0.15, 0.2) is 0 Å². The first kappa shape index (κ1) is 36.6. The molecule has 1 unspecified atom stereocenters. The Morgan fingerprint density at radius 3 is 2.11 bits per heavy atom. The Labute approximate surface area is 331 Å². The van der Waals surface area contributed by atoms with Crippen LogP contribution >= 0.6 is 0 Å². The number of aryl methyl sites for hydroxylation is 1. The zero-order valence-electron chi connectivity index (χ0n) is 32.8. The van der Waals surface area contributed by atoms with Crippen LogP contribution in [0.2, 0.25) is 0 Å². The molecule has 9 rings (SSSR count). The molecule has 1 saturated heterocycles. The lowest BCUT2D eigenvalue weighted by atomic mass is 9.71. The van der Waals surface area contributed by atoms with E-state index in [0.29, 0.717) is 12.6 Å². The van der Waals surface area contributed by atoms with E-state index < -0.39 is 5.91 Å². The number of unbranched alkanes of at least 4 members (excludes halogenated alkanes) is 9. The molecule has 0 bridgehead atoms. The summed E-state index contributed by atoms with van der Waals surface area (Å²) in [5.74, 6) is -0.611. The molecule has 1 aromatic heterocycles. The summed E-state index contributed by atoms with van der Waals surface area (Å²) in [6.07, 6.45) is 15.3. The summed E-state index contributed by atoms with van der Waals surface area (Å²) >= 11 is 0. The Balaban J connectivity index is 0.740. The zero-order chi connectivity index (χ0) is 38.3. The highest BCUT2D eigenvalue weighted by Gasteiger charge is 2.69. The summed E-state index contributed by atoms with van der Waals surface area (Å²) in [5.41, 5.74) is 17.3. The molecule has 8 heteroatoms. The summed E-state index contributed by atoms with van der Waals surface area (Å²) in [5, 5.41) is 9.36. The average Bonchev–Trinajstić information content (AvgIpc) is 3.76. The number of hydrogen-bond donors (Lipinski definition) is 1. The van der Waals surface area contributed by atoms with E-state index in [2.05, 4.69) is 82.4 Å². The molecule has 0 radical (unpaired) electrons. The number of nitrogens with two attached hydrogens (primary N) is 1. The maximum Gasteiger partial charge on any atom is 0.227 e. The van der Waals surface area contributed by atoms with Gasteiger partial charge in [-0.1, -0.05) is 154 Å². The lowest BCUT2D eigenvalue weighted by Crippen LogP contribution is -2.57. The number of carbonyl (C=O) groups excluding carboxylic acids is 2. The second-order valence-electron chi connectivity index (χ2n) is 16.7. The van der Waals surface area contributed by atoms with Crippen LogP contribution in [0.4, 0.5) is 5.69 Å². The number of carbonyl (C=O) groups is 2. The van der Waals surface area contributed by atoms with Crippen LogP contribution in [-0.4, -0.2) is 31.7 Å². The van der Waals surface area contributed by atoms with Crippen LogP contribution in [0, 0.1) is 0 Å². The Morgan fingerprint density at radius 1 is 0.714 bits per heavy atom. The molecule has 0 saturated carbocycles. The van der Waals surface area contributed by atoms with E-state index in [4.69, 9.17) is 10.8 Å². The monoisotopic (exact) mass is 746 g/mol. The molecule has 1 fully saturated rings. The first-order valence-electron chi connectivity index (χ1n) is 21.1. The van der Waals surface area contributed by atoms with Crippen LogP contribution < -0.4 is 10.6 Å². The van der Waals surface area contributed by atoms with Gasteiger partial charge in [0, 0.05) is 42.1 Å². The van der Waals surface area contributed by atoms with Gasteiger partial charge in [-0.05, 0) is 60.1 Å². The maximum absolute atomic E-state index is 13.4. The minimum absolute atomic E-state index is 0.0159. The second-order valence-corrected chi connectivity index (χ2v) is 16.7. The van der Waals surface area contributed by atoms with Crippen LogP contribution in [0.25, 0.3) is 22.5 Å². The fourth-order valence-corrected chi connectivity index (χ4v) is 10.9. The van der Waals surface area contributed by atoms with E-state index in [1.807, 2.05) is 36.4 Å². The third-order valence-electron chi connectivity index (χ3n) is 13.5. The SMILES string of the molecule is C[C@@]12c3ccccc3[C@H]3CC(CCCCCCCCCCCCn4nnc5c4-c4ccccc4CN(C(=O)CCC(N)=O)c4ccccc4-5)(c4ccccc41)N32. The number of hydrogen-bond acceptors (Lipinski definition) is 5. The van der Waals surface area contributed by atoms with Crippen molar-refractivity contribution in [3.63, 3.8) is 0 Å². The van der Waals surface area contributed by atoms with Gasteiger partial charge in [0.05, 0.1) is 23.5 Å². The summed E-state index contributed by atoms with van der Waals surface area (Å²) in [4.78, 5) is 29.6. The van der Waals surface area contributed by atoms with Crippen LogP contribution in [-0.2, 0) is 33.8 Å². The minimum Gasteiger partial charge on any atom is -0.370 e. The van der Waals surface area contributed by atoms with Crippen LogP contribution in [0.15, 0.2) is 97.1 Å². The van der Waals surface area contributed by atoms with E-state index in [-0.39, 0.29) is 29.8 Å². The van der Waals surface area contributed by atoms with E-state index in [1.54, 1.807) is 16.0 Å². The first-order chi connectivity index (χ1) is 27.4. The Hall–Kier alpha value is -5.08. The van der Waals surface area contributed by atoms with E-state index in [1.165, 1.54) is 81.8 Å². The molecule has 5 heterocycles. The standard InChI is InChI=1S/C48H54N6O2/c1-47-38-24-14-12-22-36(38)42-32-48(54(42)47,40-26-16-15-25-39(40)47)30-18-8-6-4-2-3-5-7-9-19-31-53-46-35-21-11-10-20-34(35)33-52(44(56)29-28-43(49)55)41-27-17-13-23-37(41)45(46)50-51-53/h10-17,20-27,42H,2-9,18-19,28-33H2,1H3,(H2,49,55)/t42-,47-,48?/m1/s1. The third kappa shape index (κ3) is 6.08. The number of para-hydroxylation sites is 1. The van der Waals surface area contributed by atoms with Gasteiger partial charge in [0.25, 0.3) is 0 Å². The number of benzene rings is 4. The molecular formula is C48H54N6O2. The number of nitrogens with zero attached hydrogens (tertiary/aromatic N) is 5. The molecule has 4 aliphatic rings. The molecule has 3 atom stereocenters. The lowest BCUT2D eigenvalue weighted by molar-refractivity contribution is -0.123. The maximum atomic E-state index is 13.4. The predicted octanol–water partition coefficient (Wildman–Crippen LogP) is 9.95. The van der Waals surface area contributed by atoms with Gasteiger partial charge < -0.3 is 10.6 Å². The fourth-order valence-electron chi connectivity index (χ4n) is 10.9. The van der Waals surface area contributed by atoms with Gasteiger partial charge in [0.1, 0.15) is 5.69 Å². The smallest absolute Gasteiger partial charge is 0.227 e. The first-order valence-corrected chi connectivity index (χ1v) is 21.1. The Bertz CT molecular complexity index is 2260. The molecule has 56 heavy (non-hydrogen) atoms. The van der Waals surface area contributed by atoms with Crippen molar-refractivity contribution in [2.75, 3.05) is 4.90 Å². The van der Waals surface area contributed by atoms with Crippen LogP contribution in [0.3, 0.4) is 0 Å². The molecular weight excluding hydrogens is 693 g/mol. The number of anilines is 1. The van der Waals surface area contributed by atoms with E-state index in [9.17, 15) is 9.59 Å². The van der Waals surface area contributed by atoms with Gasteiger partial charge >= 0.3 is 0 Å². The molecule has 288 valence electrons. The van der Waals surface area contributed by atoms with Crippen molar-refractivity contribution in [3.05, 3.63) is 125 Å².